The number of rotatable bonds is 4. The molecule has 7 heteroatoms. The molecule has 0 radical (unpaired) electrons. The van der Waals surface area contributed by atoms with Crippen LogP contribution >= 0.6 is 0 Å². The van der Waals surface area contributed by atoms with E-state index in [4.69, 9.17) is 9.97 Å². The number of hydrogen-bond donors (Lipinski definition) is 1. The smallest absolute Gasteiger partial charge is 0.144 e. The average molecular weight is 375 g/mol. The number of aliphatic imine (C=N–C) groups is 1. The Morgan fingerprint density at radius 3 is 2.86 bits per heavy atom. The molecule has 1 atom stereocenters. The summed E-state index contributed by atoms with van der Waals surface area (Å²) in [5.74, 6) is 2.17. The molecule has 7 nitrogen and oxygen atoms in total. The van der Waals surface area contributed by atoms with E-state index in [-0.39, 0.29) is 6.17 Å². The van der Waals surface area contributed by atoms with Gasteiger partial charge in [0.15, 0.2) is 0 Å². The second-order valence-electron chi connectivity index (χ2n) is 7.62. The molecule has 2 aromatic heterocycles. The van der Waals surface area contributed by atoms with E-state index in [1.165, 1.54) is 24.4 Å². The van der Waals surface area contributed by atoms with Gasteiger partial charge in [-0.2, -0.15) is 0 Å². The summed E-state index contributed by atoms with van der Waals surface area (Å²) in [6.45, 7) is 6.33. The molecule has 2 aromatic rings. The van der Waals surface area contributed by atoms with E-state index >= 15 is 0 Å². The van der Waals surface area contributed by atoms with Crippen molar-refractivity contribution in [3.63, 3.8) is 0 Å². The molecule has 0 amide bonds. The average Bonchev–Trinajstić information content (AvgIpc) is 3.34. The van der Waals surface area contributed by atoms with Crippen LogP contribution in [0, 0.1) is 6.92 Å². The summed E-state index contributed by atoms with van der Waals surface area (Å²) in [7, 11) is 0. The summed E-state index contributed by atoms with van der Waals surface area (Å²) in [6, 6.07) is 3.94. The predicted octanol–water partition coefficient (Wildman–Crippen LogP) is 2.71. The van der Waals surface area contributed by atoms with E-state index in [2.05, 4.69) is 38.2 Å². The lowest BCUT2D eigenvalue weighted by Crippen LogP contribution is -2.43. The fraction of sp³-hybridized carbons (Fsp3) is 0.429. The van der Waals surface area contributed by atoms with Gasteiger partial charge in [-0.25, -0.2) is 9.97 Å². The highest BCUT2D eigenvalue weighted by atomic mass is 15.4. The first kappa shape index (κ1) is 17.2. The van der Waals surface area contributed by atoms with E-state index in [0.29, 0.717) is 0 Å². The van der Waals surface area contributed by atoms with Gasteiger partial charge in [-0.3, -0.25) is 9.98 Å². The van der Waals surface area contributed by atoms with Crippen molar-refractivity contribution in [2.24, 2.45) is 4.99 Å². The Bertz CT molecular complexity index is 1000. The maximum absolute atomic E-state index is 4.74. The van der Waals surface area contributed by atoms with Gasteiger partial charge >= 0.3 is 0 Å². The molecule has 0 spiro atoms. The molecule has 0 aliphatic carbocycles. The summed E-state index contributed by atoms with van der Waals surface area (Å²) in [5.41, 5.74) is 5.11. The fourth-order valence-electron chi connectivity index (χ4n) is 4.33. The third-order valence-corrected chi connectivity index (χ3v) is 5.68. The van der Waals surface area contributed by atoms with Gasteiger partial charge in [0.1, 0.15) is 23.3 Å². The summed E-state index contributed by atoms with van der Waals surface area (Å²) in [6.07, 6.45) is 10.1. The highest BCUT2D eigenvalue weighted by Gasteiger charge is 2.36. The number of nitrogens with zero attached hydrogens (tertiary/aromatic N) is 6. The number of hydrogen-bond acceptors (Lipinski definition) is 7. The first-order valence-electron chi connectivity index (χ1n) is 10.0. The first-order valence-corrected chi connectivity index (χ1v) is 10.0. The molecule has 5 heterocycles. The van der Waals surface area contributed by atoms with Crippen molar-refractivity contribution in [1.29, 1.82) is 0 Å². The van der Waals surface area contributed by atoms with Gasteiger partial charge in [-0.05, 0) is 45.2 Å². The molecule has 1 fully saturated rings. The van der Waals surface area contributed by atoms with Crippen LogP contribution in [0.25, 0.3) is 11.0 Å². The van der Waals surface area contributed by atoms with Gasteiger partial charge < -0.3 is 15.1 Å². The van der Waals surface area contributed by atoms with E-state index in [0.717, 1.165) is 54.2 Å². The van der Waals surface area contributed by atoms with E-state index in [1.807, 2.05) is 25.3 Å². The number of pyridine rings is 1. The van der Waals surface area contributed by atoms with Crippen LogP contribution in [0.1, 0.15) is 37.7 Å². The van der Waals surface area contributed by atoms with Crippen molar-refractivity contribution >= 4 is 16.7 Å². The van der Waals surface area contributed by atoms with Crippen LogP contribution in [0.4, 0.5) is 0 Å². The number of allylic oxidation sites excluding steroid dienone is 1. The van der Waals surface area contributed by atoms with E-state index in [9.17, 15) is 0 Å². The summed E-state index contributed by atoms with van der Waals surface area (Å²) in [5, 5.41) is 3.71. The lowest BCUT2D eigenvalue weighted by molar-refractivity contribution is 0.285. The molecule has 144 valence electrons. The summed E-state index contributed by atoms with van der Waals surface area (Å²) in [4.78, 5) is 23.2. The van der Waals surface area contributed by atoms with Gasteiger partial charge in [-0.1, -0.05) is 0 Å². The normalized spacial score (nSPS) is 21.4. The SMILES string of the molecule is CC1=NC=CN2C(N3CCCC3)=C(CCc3nc(C)c4ncccc4n3)NC12. The lowest BCUT2D eigenvalue weighted by Gasteiger charge is -2.32. The highest BCUT2D eigenvalue weighted by Crippen LogP contribution is 2.31. The standard InChI is InChI=1S/C21H25N7/c1-14-19-16(6-5-9-23-19)25-18(24-14)8-7-17-21(27-11-3-4-12-27)28-13-10-22-15(2)20(28)26-17/h5-6,9-10,13,20,26H,3-4,7-8,11-12H2,1-2H3. The van der Waals surface area contributed by atoms with Crippen LogP contribution in [-0.2, 0) is 6.42 Å². The monoisotopic (exact) mass is 375 g/mol. The number of likely N-dealkylation sites (tertiary alicyclic amines) is 1. The Kier molecular flexibility index (Phi) is 4.22. The third-order valence-electron chi connectivity index (χ3n) is 5.68. The molecular weight excluding hydrogens is 350 g/mol. The molecular formula is C21H25N7. The lowest BCUT2D eigenvalue weighted by atomic mass is 10.2. The van der Waals surface area contributed by atoms with Crippen LogP contribution in [0.2, 0.25) is 0 Å². The van der Waals surface area contributed by atoms with Gasteiger partial charge in [0, 0.05) is 38.1 Å². The number of nitrogens with one attached hydrogen (secondary N) is 1. The maximum atomic E-state index is 4.74. The summed E-state index contributed by atoms with van der Waals surface area (Å²) >= 11 is 0. The van der Waals surface area contributed by atoms with Crippen molar-refractivity contribution < 1.29 is 0 Å². The van der Waals surface area contributed by atoms with Crippen LogP contribution < -0.4 is 5.32 Å². The zero-order valence-electron chi connectivity index (χ0n) is 16.4. The van der Waals surface area contributed by atoms with Gasteiger partial charge in [-0.15, -0.1) is 0 Å². The molecule has 0 aromatic carbocycles. The van der Waals surface area contributed by atoms with Crippen molar-refractivity contribution in [3.05, 3.63) is 53.8 Å². The quantitative estimate of drug-likeness (QED) is 0.886. The Morgan fingerprint density at radius 2 is 2.00 bits per heavy atom. The Labute approximate surface area is 164 Å². The minimum absolute atomic E-state index is 0.124. The Balaban J connectivity index is 1.43. The molecule has 3 aliphatic rings. The van der Waals surface area contributed by atoms with E-state index < -0.39 is 0 Å². The molecule has 28 heavy (non-hydrogen) atoms. The van der Waals surface area contributed by atoms with E-state index in [1.54, 1.807) is 6.20 Å². The maximum Gasteiger partial charge on any atom is 0.144 e. The Morgan fingerprint density at radius 1 is 1.14 bits per heavy atom. The number of fused-ring (bicyclic) bond motifs is 2. The van der Waals surface area contributed by atoms with Crippen molar-refractivity contribution in [3.8, 4) is 0 Å². The van der Waals surface area contributed by atoms with Crippen LogP contribution in [0.5, 0.6) is 0 Å². The van der Waals surface area contributed by atoms with Crippen LogP contribution in [-0.4, -0.2) is 49.7 Å². The molecule has 1 N–H and O–H groups in total. The second-order valence-corrected chi connectivity index (χ2v) is 7.62. The zero-order valence-corrected chi connectivity index (χ0v) is 16.4. The van der Waals surface area contributed by atoms with Gasteiger partial charge in [0.2, 0.25) is 0 Å². The largest absolute Gasteiger partial charge is 0.361 e. The van der Waals surface area contributed by atoms with Gasteiger partial charge in [0.05, 0.1) is 22.6 Å². The molecule has 0 bridgehead atoms. The molecule has 0 saturated carbocycles. The van der Waals surface area contributed by atoms with Crippen LogP contribution in [0.15, 0.2) is 47.2 Å². The predicted molar refractivity (Wildman–Crippen MR) is 109 cm³/mol. The molecule has 5 rings (SSSR count). The van der Waals surface area contributed by atoms with Crippen molar-refractivity contribution in [1.82, 2.24) is 30.1 Å². The molecule has 1 unspecified atom stereocenters. The summed E-state index contributed by atoms with van der Waals surface area (Å²) < 4.78 is 0. The molecule has 3 aliphatic heterocycles. The fourth-order valence-corrected chi connectivity index (χ4v) is 4.33. The molecule has 1 saturated heterocycles. The highest BCUT2D eigenvalue weighted by molar-refractivity contribution is 5.89. The number of aryl methyl sites for hydroxylation is 2. The van der Waals surface area contributed by atoms with Crippen molar-refractivity contribution in [2.75, 3.05) is 13.1 Å². The van der Waals surface area contributed by atoms with Gasteiger partial charge in [0.25, 0.3) is 0 Å². The van der Waals surface area contributed by atoms with Crippen molar-refractivity contribution in [2.45, 2.75) is 45.7 Å². The topological polar surface area (TPSA) is 69.5 Å². The number of aromatic nitrogens is 3. The Hall–Kier alpha value is -2.96. The zero-order chi connectivity index (χ0) is 19.1. The van der Waals surface area contributed by atoms with Crippen LogP contribution in [0.3, 0.4) is 0 Å². The second kappa shape index (κ2) is 6.89. The third kappa shape index (κ3) is 2.91. The minimum Gasteiger partial charge on any atom is -0.361 e. The minimum atomic E-state index is 0.124. The first-order chi connectivity index (χ1) is 13.7.